The number of fused-ring (bicyclic) bond motifs is 3. The van der Waals surface area contributed by atoms with Crippen LogP contribution in [0.4, 0.5) is 0 Å². The van der Waals surface area contributed by atoms with Crippen LogP contribution in [-0.4, -0.2) is 40.0 Å². The Morgan fingerprint density at radius 1 is 1.06 bits per heavy atom. The van der Waals surface area contributed by atoms with E-state index in [1.54, 1.807) is 6.92 Å². The van der Waals surface area contributed by atoms with E-state index in [0.717, 1.165) is 36.0 Å². The maximum Gasteiger partial charge on any atom is 0.161 e. The first-order chi connectivity index (χ1) is 15.5. The van der Waals surface area contributed by atoms with E-state index in [0.29, 0.717) is 27.7 Å². The molecular formula is C26H26Cl2N2O2. The highest BCUT2D eigenvalue weighted by Gasteiger charge is 2.41. The van der Waals surface area contributed by atoms with E-state index in [-0.39, 0.29) is 11.9 Å². The molecule has 2 aliphatic rings. The molecule has 1 aromatic heterocycles. The Hall–Kier alpha value is -2.27. The minimum atomic E-state index is 0.0445. The van der Waals surface area contributed by atoms with Crippen LogP contribution < -0.4 is 4.74 Å². The lowest BCUT2D eigenvalue weighted by Gasteiger charge is -2.38. The summed E-state index contributed by atoms with van der Waals surface area (Å²) in [6, 6.07) is 14.4. The van der Waals surface area contributed by atoms with Gasteiger partial charge in [0, 0.05) is 42.0 Å². The first kappa shape index (κ1) is 21.6. The number of ketones is 1. The molecule has 0 spiro atoms. The van der Waals surface area contributed by atoms with Crippen molar-refractivity contribution in [2.24, 2.45) is 0 Å². The highest BCUT2D eigenvalue weighted by molar-refractivity contribution is 6.35. The Balaban J connectivity index is 1.29. The normalized spacial score (nSPS) is 23.3. The third kappa shape index (κ3) is 4.07. The molecule has 0 radical (unpaired) electrons. The van der Waals surface area contributed by atoms with Gasteiger partial charge in [-0.3, -0.25) is 9.69 Å². The van der Waals surface area contributed by atoms with E-state index in [1.807, 2.05) is 59.4 Å². The van der Waals surface area contributed by atoms with E-state index in [2.05, 4.69) is 11.0 Å². The van der Waals surface area contributed by atoms with Gasteiger partial charge in [0.15, 0.2) is 5.78 Å². The Morgan fingerprint density at radius 2 is 1.78 bits per heavy atom. The zero-order valence-corrected chi connectivity index (χ0v) is 19.5. The quantitative estimate of drug-likeness (QED) is 0.377. The number of nitrogens with zero attached hydrogens (tertiary/aromatic N) is 2. The highest BCUT2D eigenvalue weighted by atomic mass is 35.5. The van der Waals surface area contributed by atoms with Gasteiger partial charge in [-0.2, -0.15) is 0 Å². The molecule has 5 rings (SSSR count). The Labute approximate surface area is 198 Å². The monoisotopic (exact) mass is 468 g/mol. The number of hydrogen-bond acceptors (Lipinski definition) is 3. The van der Waals surface area contributed by atoms with Crippen LogP contribution >= 0.6 is 23.2 Å². The second-order valence-electron chi connectivity index (χ2n) is 8.75. The van der Waals surface area contributed by atoms with E-state index in [4.69, 9.17) is 27.9 Å². The average molecular weight is 469 g/mol. The minimum absolute atomic E-state index is 0.0445. The van der Waals surface area contributed by atoms with E-state index in [1.165, 1.54) is 12.8 Å². The van der Waals surface area contributed by atoms with Gasteiger partial charge >= 0.3 is 0 Å². The molecule has 3 aromatic rings. The smallest absolute Gasteiger partial charge is 0.161 e. The summed E-state index contributed by atoms with van der Waals surface area (Å²) in [6.07, 6.45) is 10.7. The van der Waals surface area contributed by atoms with Crippen LogP contribution in [0.25, 0.3) is 17.1 Å². The number of Topliss-reactive ketones (excluding diaryl/α,β-unsaturated/α-hetero) is 1. The van der Waals surface area contributed by atoms with Gasteiger partial charge in [0.2, 0.25) is 0 Å². The Bertz CT molecular complexity index is 1170. The SMILES string of the molecule is CC(=O)c1cn(/C=C/CN2C3CCC2CC(Oc2ccccc2Cl)C3)c2c(Cl)cccc12. The number of para-hydroxylation sites is 2. The fourth-order valence-electron chi connectivity index (χ4n) is 5.29. The van der Waals surface area contributed by atoms with Crippen LogP contribution in [0.3, 0.4) is 0 Å². The summed E-state index contributed by atoms with van der Waals surface area (Å²) < 4.78 is 8.22. The largest absolute Gasteiger partial charge is 0.489 e. The van der Waals surface area contributed by atoms with Gasteiger partial charge < -0.3 is 9.30 Å². The third-order valence-electron chi connectivity index (χ3n) is 6.74. The fraction of sp³-hybridized carbons (Fsp3) is 0.346. The minimum Gasteiger partial charge on any atom is -0.489 e. The summed E-state index contributed by atoms with van der Waals surface area (Å²) in [4.78, 5) is 14.7. The number of ether oxygens (including phenoxy) is 1. The van der Waals surface area contributed by atoms with Crippen molar-refractivity contribution in [1.29, 1.82) is 0 Å². The van der Waals surface area contributed by atoms with E-state index < -0.39 is 0 Å². The zero-order valence-electron chi connectivity index (χ0n) is 18.0. The van der Waals surface area contributed by atoms with Crippen molar-refractivity contribution < 1.29 is 9.53 Å². The second kappa shape index (κ2) is 8.93. The van der Waals surface area contributed by atoms with Crippen molar-refractivity contribution in [2.45, 2.75) is 50.8 Å². The Kier molecular flexibility index (Phi) is 6.02. The number of piperidine rings is 1. The number of hydrogen-bond donors (Lipinski definition) is 0. The van der Waals surface area contributed by atoms with Crippen molar-refractivity contribution in [3.8, 4) is 5.75 Å². The van der Waals surface area contributed by atoms with E-state index >= 15 is 0 Å². The van der Waals surface area contributed by atoms with Gasteiger partial charge in [0.05, 0.1) is 15.6 Å². The summed E-state index contributed by atoms with van der Waals surface area (Å²) in [7, 11) is 0. The molecule has 2 aliphatic heterocycles. The van der Waals surface area contributed by atoms with Crippen LogP contribution in [0.5, 0.6) is 5.75 Å². The molecule has 2 unspecified atom stereocenters. The molecule has 2 fully saturated rings. The van der Waals surface area contributed by atoms with Crippen LogP contribution in [0.1, 0.15) is 43.0 Å². The van der Waals surface area contributed by atoms with Crippen molar-refractivity contribution in [2.75, 3.05) is 6.54 Å². The summed E-state index contributed by atoms with van der Waals surface area (Å²) >= 11 is 12.7. The molecule has 0 aliphatic carbocycles. The fourth-order valence-corrected chi connectivity index (χ4v) is 5.74. The summed E-state index contributed by atoms with van der Waals surface area (Å²) in [5, 5.41) is 2.22. The van der Waals surface area contributed by atoms with Gasteiger partial charge in [-0.05, 0) is 50.8 Å². The van der Waals surface area contributed by atoms with Crippen molar-refractivity contribution in [3.63, 3.8) is 0 Å². The molecule has 3 heterocycles. The molecule has 2 saturated heterocycles. The van der Waals surface area contributed by atoms with Crippen LogP contribution in [-0.2, 0) is 0 Å². The molecule has 2 bridgehead atoms. The lowest BCUT2D eigenvalue weighted by atomic mass is 9.99. The van der Waals surface area contributed by atoms with Crippen LogP contribution in [0.2, 0.25) is 10.0 Å². The topological polar surface area (TPSA) is 34.5 Å². The van der Waals surface area contributed by atoms with Crippen LogP contribution in [0.15, 0.2) is 54.7 Å². The summed E-state index contributed by atoms with van der Waals surface area (Å²) in [5.74, 6) is 0.826. The molecule has 0 amide bonds. The Morgan fingerprint density at radius 3 is 2.50 bits per heavy atom. The second-order valence-corrected chi connectivity index (χ2v) is 9.56. The number of carbonyl (C=O) groups is 1. The standard InChI is InChI=1S/C26H26Cl2N2O2/c1-17(31)22-16-29(26-21(22)6-4-8-24(26)28)12-5-13-30-18-10-11-19(30)15-20(14-18)32-25-9-3-2-7-23(25)27/h2-9,12,16,18-20H,10-11,13-15H2,1H3/b12-5+. The number of rotatable bonds is 6. The third-order valence-corrected chi connectivity index (χ3v) is 7.35. The molecule has 6 heteroatoms. The average Bonchev–Trinajstić information content (AvgIpc) is 3.25. The van der Waals surface area contributed by atoms with Crippen molar-refractivity contribution in [1.82, 2.24) is 9.47 Å². The molecule has 2 atom stereocenters. The van der Waals surface area contributed by atoms with Gasteiger partial charge in [0.25, 0.3) is 0 Å². The first-order valence-corrected chi connectivity index (χ1v) is 11.9. The van der Waals surface area contributed by atoms with Gasteiger partial charge in [0.1, 0.15) is 11.9 Å². The predicted molar refractivity (Wildman–Crippen MR) is 131 cm³/mol. The molecule has 0 N–H and O–H groups in total. The molecule has 4 nitrogen and oxygen atoms in total. The van der Waals surface area contributed by atoms with Gasteiger partial charge in [-0.1, -0.05) is 53.5 Å². The molecule has 0 saturated carbocycles. The zero-order chi connectivity index (χ0) is 22.2. The first-order valence-electron chi connectivity index (χ1n) is 11.1. The van der Waals surface area contributed by atoms with Crippen LogP contribution in [0, 0.1) is 0 Å². The lowest BCUT2D eigenvalue weighted by Crippen LogP contribution is -2.46. The molecular weight excluding hydrogens is 443 g/mol. The molecule has 2 aromatic carbocycles. The number of halogens is 2. The van der Waals surface area contributed by atoms with Gasteiger partial charge in [-0.15, -0.1) is 0 Å². The number of aromatic nitrogens is 1. The summed E-state index contributed by atoms with van der Waals surface area (Å²) in [6.45, 7) is 2.46. The van der Waals surface area contributed by atoms with Crippen molar-refractivity contribution >= 4 is 46.1 Å². The maximum atomic E-state index is 12.1. The highest BCUT2D eigenvalue weighted by Crippen LogP contribution is 2.38. The summed E-state index contributed by atoms with van der Waals surface area (Å²) in [5.41, 5.74) is 1.58. The number of carbonyl (C=O) groups excluding carboxylic acids is 1. The number of benzene rings is 2. The predicted octanol–water partition coefficient (Wildman–Crippen LogP) is 6.70. The maximum absolute atomic E-state index is 12.1. The lowest BCUT2D eigenvalue weighted by molar-refractivity contribution is 0.0571. The van der Waals surface area contributed by atoms with Gasteiger partial charge in [-0.25, -0.2) is 0 Å². The molecule has 166 valence electrons. The molecule has 32 heavy (non-hydrogen) atoms. The van der Waals surface area contributed by atoms with Crippen molar-refractivity contribution in [3.05, 3.63) is 70.3 Å². The van der Waals surface area contributed by atoms with E-state index in [9.17, 15) is 4.79 Å².